The van der Waals surface area contributed by atoms with Crippen LogP contribution in [0.2, 0.25) is 0 Å². The summed E-state index contributed by atoms with van der Waals surface area (Å²) >= 11 is 0. The van der Waals surface area contributed by atoms with Crippen molar-refractivity contribution in [3.63, 3.8) is 0 Å². The molecule has 23 heavy (non-hydrogen) atoms. The number of anilines is 1. The molecule has 1 saturated heterocycles. The minimum absolute atomic E-state index is 0.297. The Balaban J connectivity index is 1.89. The summed E-state index contributed by atoms with van der Waals surface area (Å²) in [6.45, 7) is 2.37. The number of halogens is 1. The highest BCUT2D eigenvalue weighted by Gasteiger charge is 2.15. The highest BCUT2D eigenvalue weighted by Crippen LogP contribution is 2.20. The van der Waals surface area contributed by atoms with E-state index in [0.717, 1.165) is 37.4 Å². The third-order valence-electron chi connectivity index (χ3n) is 3.80. The molecule has 1 aromatic carbocycles. The van der Waals surface area contributed by atoms with Crippen LogP contribution in [0.5, 0.6) is 0 Å². The highest BCUT2D eigenvalue weighted by atomic mass is 19.1. The number of methoxy groups -OCH3 is 1. The monoisotopic (exact) mass is 316 g/mol. The average Bonchev–Trinajstić information content (AvgIpc) is 2.56. The maximum Gasteiger partial charge on any atom is 0.161 e. The second kappa shape index (κ2) is 7.48. The summed E-state index contributed by atoms with van der Waals surface area (Å²) < 4.78 is 18.7. The molecule has 1 aliphatic rings. The van der Waals surface area contributed by atoms with Crippen molar-refractivity contribution in [3.8, 4) is 11.4 Å². The first-order valence-corrected chi connectivity index (χ1v) is 7.84. The molecule has 0 amide bonds. The van der Waals surface area contributed by atoms with Crippen molar-refractivity contribution in [1.82, 2.24) is 15.3 Å². The van der Waals surface area contributed by atoms with Crippen LogP contribution < -0.4 is 10.6 Å². The number of aromatic nitrogens is 2. The van der Waals surface area contributed by atoms with Crippen molar-refractivity contribution < 1.29 is 9.13 Å². The smallest absolute Gasteiger partial charge is 0.161 e. The highest BCUT2D eigenvalue weighted by molar-refractivity contribution is 5.57. The third kappa shape index (κ3) is 4.24. The molecule has 1 aromatic heterocycles. The molecule has 6 heteroatoms. The summed E-state index contributed by atoms with van der Waals surface area (Å²) in [4.78, 5) is 9.02. The first-order chi connectivity index (χ1) is 11.2. The summed E-state index contributed by atoms with van der Waals surface area (Å²) in [5.41, 5.74) is 1.43. The minimum Gasteiger partial charge on any atom is -0.378 e. The van der Waals surface area contributed by atoms with E-state index in [0.29, 0.717) is 24.0 Å². The van der Waals surface area contributed by atoms with Gasteiger partial charge in [-0.25, -0.2) is 14.4 Å². The lowest BCUT2D eigenvalue weighted by molar-refractivity contribution is 0.181. The van der Waals surface area contributed by atoms with Gasteiger partial charge in [-0.2, -0.15) is 0 Å². The van der Waals surface area contributed by atoms with Gasteiger partial charge in [0, 0.05) is 31.3 Å². The molecule has 1 fully saturated rings. The number of piperidine rings is 1. The van der Waals surface area contributed by atoms with Crippen molar-refractivity contribution >= 4 is 5.82 Å². The first kappa shape index (κ1) is 15.8. The van der Waals surface area contributed by atoms with Crippen molar-refractivity contribution in [1.29, 1.82) is 0 Å². The van der Waals surface area contributed by atoms with Gasteiger partial charge in [-0.1, -0.05) is 12.1 Å². The van der Waals surface area contributed by atoms with Gasteiger partial charge in [0.25, 0.3) is 0 Å². The zero-order valence-corrected chi connectivity index (χ0v) is 13.2. The van der Waals surface area contributed by atoms with Gasteiger partial charge in [0.2, 0.25) is 0 Å². The molecule has 0 aliphatic carbocycles. The Hall–Kier alpha value is -2.05. The molecule has 0 spiro atoms. The number of benzene rings is 1. The van der Waals surface area contributed by atoms with Crippen LogP contribution in [0.1, 0.15) is 18.5 Å². The third-order valence-corrected chi connectivity index (χ3v) is 3.80. The molecule has 3 rings (SSSR count). The predicted octanol–water partition coefficient (Wildman–Crippen LogP) is 2.59. The van der Waals surface area contributed by atoms with Crippen LogP contribution in [0.25, 0.3) is 11.4 Å². The Morgan fingerprint density at radius 2 is 2.26 bits per heavy atom. The molecule has 0 bridgehead atoms. The topological polar surface area (TPSA) is 59.1 Å². The summed E-state index contributed by atoms with van der Waals surface area (Å²) in [5.74, 6) is 0.958. The second-order valence-corrected chi connectivity index (χ2v) is 5.70. The van der Waals surface area contributed by atoms with E-state index in [9.17, 15) is 4.39 Å². The number of hydrogen-bond donors (Lipinski definition) is 2. The zero-order chi connectivity index (χ0) is 16.1. The van der Waals surface area contributed by atoms with Crippen LogP contribution in [0.4, 0.5) is 10.2 Å². The Bertz CT molecular complexity index is 659. The number of nitrogens with zero attached hydrogens (tertiary/aromatic N) is 2. The fourth-order valence-electron chi connectivity index (χ4n) is 2.73. The fourth-order valence-corrected chi connectivity index (χ4v) is 2.73. The molecule has 0 saturated carbocycles. The predicted molar refractivity (Wildman–Crippen MR) is 87.7 cm³/mol. The SMILES string of the molecule is COCc1cc(NC2CCCNC2)nc(-c2cccc(F)c2)n1. The quantitative estimate of drug-likeness (QED) is 0.888. The van der Waals surface area contributed by atoms with Gasteiger partial charge in [0.1, 0.15) is 11.6 Å². The Morgan fingerprint density at radius 3 is 3.00 bits per heavy atom. The van der Waals surface area contributed by atoms with E-state index in [2.05, 4.69) is 20.6 Å². The van der Waals surface area contributed by atoms with Gasteiger partial charge in [0.15, 0.2) is 5.82 Å². The van der Waals surface area contributed by atoms with Crippen molar-refractivity contribution in [3.05, 3.63) is 41.8 Å². The Kier molecular flexibility index (Phi) is 5.15. The van der Waals surface area contributed by atoms with Crippen molar-refractivity contribution in [2.45, 2.75) is 25.5 Å². The van der Waals surface area contributed by atoms with Crippen molar-refractivity contribution in [2.75, 3.05) is 25.5 Å². The van der Waals surface area contributed by atoms with Crippen LogP contribution in [0, 0.1) is 5.82 Å². The summed E-state index contributed by atoms with van der Waals surface area (Å²) in [5, 5.41) is 6.81. The second-order valence-electron chi connectivity index (χ2n) is 5.70. The molecule has 122 valence electrons. The van der Waals surface area contributed by atoms with Crippen LogP contribution in [0.15, 0.2) is 30.3 Å². The van der Waals surface area contributed by atoms with Crippen LogP contribution >= 0.6 is 0 Å². The van der Waals surface area contributed by atoms with Gasteiger partial charge in [0.05, 0.1) is 12.3 Å². The number of hydrogen-bond acceptors (Lipinski definition) is 5. The maximum atomic E-state index is 13.5. The van der Waals surface area contributed by atoms with Crippen LogP contribution in [-0.4, -0.2) is 36.2 Å². The molecule has 5 nitrogen and oxygen atoms in total. The van der Waals surface area contributed by atoms with Gasteiger partial charge in [-0.3, -0.25) is 0 Å². The maximum absolute atomic E-state index is 13.5. The van der Waals surface area contributed by atoms with Crippen molar-refractivity contribution in [2.24, 2.45) is 0 Å². The molecule has 1 atom stereocenters. The Labute approximate surface area is 135 Å². The zero-order valence-electron chi connectivity index (χ0n) is 13.2. The summed E-state index contributed by atoms with van der Waals surface area (Å²) in [6, 6.07) is 8.55. The molecule has 0 radical (unpaired) electrons. The van der Waals surface area contributed by atoms with E-state index < -0.39 is 0 Å². The molecule has 1 unspecified atom stereocenters. The lowest BCUT2D eigenvalue weighted by atomic mass is 10.1. The van der Waals surface area contributed by atoms with E-state index in [1.165, 1.54) is 12.1 Å². The lowest BCUT2D eigenvalue weighted by Crippen LogP contribution is -2.38. The summed E-state index contributed by atoms with van der Waals surface area (Å²) in [7, 11) is 1.63. The minimum atomic E-state index is -0.297. The van der Waals surface area contributed by atoms with E-state index in [1.54, 1.807) is 19.2 Å². The number of ether oxygens (including phenoxy) is 1. The van der Waals surface area contributed by atoms with E-state index in [4.69, 9.17) is 4.74 Å². The van der Waals surface area contributed by atoms with Gasteiger partial charge >= 0.3 is 0 Å². The number of rotatable bonds is 5. The molecule has 2 aromatic rings. The normalized spacial score (nSPS) is 17.9. The average molecular weight is 316 g/mol. The molecule has 1 aliphatic heterocycles. The molecule has 2 N–H and O–H groups in total. The van der Waals surface area contributed by atoms with E-state index >= 15 is 0 Å². The van der Waals surface area contributed by atoms with E-state index in [1.807, 2.05) is 6.07 Å². The van der Waals surface area contributed by atoms with Crippen LogP contribution in [-0.2, 0) is 11.3 Å². The van der Waals surface area contributed by atoms with Gasteiger partial charge in [-0.15, -0.1) is 0 Å². The van der Waals surface area contributed by atoms with E-state index in [-0.39, 0.29) is 5.82 Å². The first-order valence-electron chi connectivity index (χ1n) is 7.84. The van der Waals surface area contributed by atoms with Gasteiger partial charge < -0.3 is 15.4 Å². The van der Waals surface area contributed by atoms with Crippen LogP contribution in [0.3, 0.4) is 0 Å². The van der Waals surface area contributed by atoms with Gasteiger partial charge in [-0.05, 0) is 31.5 Å². The largest absolute Gasteiger partial charge is 0.378 e. The molecule has 2 heterocycles. The lowest BCUT2D eigenvalue weighted by Gasteiger charge is -2.24. The number of nitrogens with one attached hydrogen (secondary N) is 2. The molecular formula is C17H21FN4O. The fraction of sp³-hybridized carbons (Fsp3) is 0.412. The Morgan fingerprint density at radius 1 is 1.35 bits per heavy atom. The summed E-state index contributed by atoms with van der Waals surface area (Å²) in [6.07, 6.45) is 2.25. The molecular weight excluding hydrogens is 295 g/mol. The standard InChI is InChI=1S/C17H21FN4O/c1-23-11-15-9-16(20-14-6-3-7-19-10-14)22-17(21-15)12-4-2-5-13(18)8-12/h2,4-5,8-9,14,19H,3,6-7,10-11H2,1H3,(H,20,21,22).